The summed E-state index contributed by atoms with van der Waals surface area (Å²) in [6, 6.07) is 0. The largest absolute Gasteiger partial charge is 0.462 e. The third-order valence-electron chi connectivity index (χ3n) is 9.88. The summed E-state index contributed by atoms with van der Waals surface area (Å²) in [6.07, 6.45) is 12.0. The lowest BCUT2D eigenvalue weighted by atomic mass is 9.47. The van der Waals surface area contributed by atoms with Crippen LogP contribution in [0.4, 0.5) is 0 Å². The fourth-order valence-corrected chi connectivity index (χ4v) is 9.24. The number of hydrogen-bond donors (Lipinski definition) is 0. The second-order valence-corrected chi connectivity index (χ2v) is 11.6. The van der Waals surface area contributed by atoms with Crippen LogP contribution in [-0.2, 0) is 19.0 Å². The first-order valence-corrected chi connectivity index (χ1v) is 13.2. The number of alkyl halides is 1. The number of esters is 1. The van der Waals surface area contributed by atoms with Gasteiger partial charge in [-0.1, -0.05) is 41.4 Å². The van der Waals surface area contributed by atoms with E-state index in [9.17, 15) is 4.79 Å². The van der Waals surface area contributed by atoms with Gasteiger partial charge in [0.05, 0.1) is 18.5 Å². The van der Waals surface area contributed by atoms with Crippen LogP contribution in [0.3, 0.4) is 0 Å². The molecule has 0 aromatic rings. The molecule has 168 valence electrons. The molecule has 0 aromatic carbocycles. The average Bonchev–Trinajstić information content (AvgIpc) is 3.32. The number of carbonyl (C=O) groups excluding carboxylic acids is 1. The molecule has 7 atom stereocenters. The fourth-order valence-electron chi connectivity index (χ4n) is 8.53. The molecule has 5 rings (SSSR count). The minimum atomic E-state index is -0.419. The molecule has 0 amide bonds. The molecule has 30 heavy (non-hydrogen) atoms. The first kappa shape index (κ1) is 21.5. The number of carbonyl (C=O) groups is 1. The fraction of sp³-hybridized carbons (Fsp3) is 0.880. The van der Waals surface area contributed by atoms with Gasteiger partial charge in [-0.15, -0.1) is 0 Å². The monoisotopic (exact) mass is 480 g/mol. The van der Waals surface area contributed by atoms with Gasteiger partial charge in [-0.05, 0) is 73.5 Å². The van der Waals surface area contributed by atoms with Crippen molar-refractivity contribution in [3.05, 3.63) is 11.6 Å². The third-order valence-corrected chi connectivity index (χ3v) is 10.7. The average molecular weight is 481 g/mol. The van der Waals surface area contributed by atoms with E-state index in [1.807, 2.05) is 0 Å². The Morgan fingerprint density at radius 1 is 1.13 bits per heavy atom. The maximum absolute atomic E-state index is 11.5. The molecule has 0 unspecified atom stereocenters. The molecule has 3 saturated carbocycles. The van der Waals surface area contributed by atoms with Crippen molar-refractivity contribution in [1.82, 2.24) is 0 Å². The van der Waals surface area contributed by atoms with Crippen LogP contribution >= 0.6 is 15.9 Å². The summed E-state index contributed by atoms with van der Waals surface area (Å²) in [5, 5.41) is 0.778. The van der Waals surface area contributed by atoms with E-state index in [4.69, 9.17) is 14.2 Å². The Morgan fingerprint density at radius 2 is 1.90 bits per heavy atom. The number of halogens is 1. The summed E-state index contributed by atoms with van der Waals surface area (Å²) in [7, 11) is 0. The highest BCUT2D eigenvalue weighted by Crippen LogP contribution is 2.68. The van der Waals surface area contributed by atoms with E-state index in [1.54, 1.807) is 5.57 Å². The van der Waals surface area contributed by atoms with Crippen molar-refractivity contribution < 1.29 is 19.0 Å². The smallest absolute Gasteiger partial charge is 0.302 e. The number of rotatable bonds is 3. The van der Waals surface area contributed by atoms with Crippen molar-refractivity contribution in [1.29, 1.82) is 0 Å². The predicted molar refractivity (Wildman–Crippen MR) is 119 cm³/mol. The summed E-state index contributed by atoms with van der Waals surface area (Å²) < 4.78 is 18.1. The van der Waals surface area contributed by atoms with E-state index < -0.39 is 5.79 Å². The predicted octanol–water partition coefficient (Wildman–Crippen LogP) is 5.64. The highest BCUT2D eigenvalue weighted by molar-refractivity contribution is 9.09. The second kappa shape index (κ2) is 7.59. The van der Waals surface area contributed by atoms with Crippen LogP contribution in [-0.4, -0.2) is 36.4 Å². The number of fused-ring (bicyclic) bond motifs is 5. The lowest BCUT2D eigenvalue weighted by Gasteiger charge is -2.59. The summed E-state index contributed by atoms with van der Waals surface area (Å²) in [4.78, 5) is 11.5. The summed E-state index contributed by atoms with van der Waals surface area (Å²) in [5.74, 6) is 2.21. The van der Waals surface area contributed by atoms with Crippen LogP contribution in [0, 0.1) is 34.5 Å². The molecular formula is C25H37BrO4. The second-order valence-electron chi connectivity index (χ2n) is 11.1. The standard InChI is InChI=1S/C25H37BrO4/c1-16(27)30-18-8-10-23(2)17(14-18)4-5-19-20-6-7-22(24(20,3)11-9-21(19)23)25(15-26)28-12-13-29-25/h4,18-22H,5-15H2,1-3H3/t18-,19+,20+,21+,22+,23-,24-/m0/s1. The van der Waals surface area contributed by atoms with Gasteiger partial charge in [0, 0.05) is 19.3 Å². The molecule has 0 N–H and O–H groups in total. The van der Waals surface area contributed by atoms with Crippen LogP contribution < -0.4 is 0 Å². The van der Waals surface area contributed by atoms with E-state index in [2.05, 4.69) is 35.9 Å². The van der Waals surface area contributed by atoms with E-state index in [1.165, 1.54) is 39.0 Å². The first-order valence-electron chi connectivity index (χ1n) is 12.0. The Bertz CT molecular complexity index is 729. The highest BCUT2D eigenvalue weighted by atomic mass is 79.9. The molecule has 5 aliphatic rings. The molecule has 4 nitrogen and oxygen atoms in total. The van der Waals surface area contributed by atoms with Crippen LogP contribution in [0.15, 0.2) is 11.6 Å². The molecule has 1 aliphatic heterocycles. The van der Waals surface area contributed by atoms with Crippen LogP contribution in [0.5, 0.6) is 0 Å². The van der Waals surface area contributed by atoms with E-state index >= 15 is 0 Å². The number of ether oxygens (including phenoxy) is 3. The van der Waals surface area contributed by atoms with Gasteiger partial charge in [0.15, 0.2) is 5.79 Å². The zero-order chi connectivity index (χ0) is 21.1. The van der Waals surface area contributed by atoms with Crippen molar-refractivity contribution >= 4 is 21.9 Å². The zero-order valence-electron chi connectivity index (χ0n) is 18.8. The van der Waals surface area contributed by atoms with E-state index in [0.717, 1.165) is 55.6 Å². The SMILES string of the molecule is CC(=O)O[C@H]1CC[C@@]2(C)C(=CC[C@@H]3[C@H]4CC[C@@H](C5(CBr)OCCO5)[C@@]4(C)CC[C@H]32)C1. The maximum Gasteiger partial charge on any atom is 0.302 e. The Hall–Kier alpha value is -0.390. The van der Waals surface area contributed by atoms with Crippen LogP contribution in [0.2, 0.25) is 0 Å². The first-order chi connectivity index (χ1) is 14.3. The van der Waals surface area contributed by atoms with Gasteiger partial charge in [0.2, 0.25) is 0 Å². The van der Waals surface area contributed by atoms with Gasteiger partial charge in [0.1, 0.15) is 6.10 Å². The summed E-state index contributed by atoms with van der Waals surface area (Å²) in [6.45, 7) is 8.04. The molecular weight excluding hydrogens is 444 g/mol. The lowest BCUT2D eigenvalue weighted by Crippen LogP contribution is -2.54. The Kier molecular flexibility index (Phi) is 5.43. The zero-order valence-corrected chi connectivity index (χ0v) is 20.3. The molecule has 0 aromatic heterocycles. The van der Waals surface area contributed by atoms with Gasteiger partial charge in [-0.2, -0.15) is 0 Å². The van der Waals surface area contributed by atoms with Gasteiger partial charge in [0.25, 0.3) is 0 Å². The van der Waals surface area contributed by atoms with Crippen molar-refractivity contribution in [2.24, 2.45) is 34.5 Å². The molecule has 4 aliphatic carbocycles. The molecule has 5 heteroatoms. The molecule has 1 saturated heterocycles. The van der Waals surface area contributed by atoms with Gasteiger partial charge in [-0.3, -0.25) is 4.79 Å². The number of hydrogen-bond acceptors (Lipinski definition) is 4. The minimum Gasteiger partial charge on any atom is -0.462 e. The van der Waals surface area contributed by atoms with Crippen molar-refractivity contribution in [2.45, 2.75) is 84.0 Å². The lowest BCUT2D eigenvalue weighted by molar-refractivity contribution is -0.210. The quantitative estimate of drug-likeness (QED) is 0.298. The third kappa shape index (κ3) is 3.08. The van der Waals surface area contributed by atoms with E-state index in [-0.39, 0.29) is 17.5 Å². The molecule has 0 spiro atoms. The van der Waals surface area contributed by atoms with Gasteiger partial charge >= 0.3 is 5.97 Å². The maximum atomic E-state index is 11.5. The van der Waals surface area contributed by atoms with Gasteiger partial charge < -0.3 is 14.2 Å². The van der Waals surface area contributed by atoms with E-state index in [0.29, 0.717) is 11.3 Å². The van der Waals surface area contributed by atoms with Crippen molar-refractivity contribution in [3.63, 3.8) is 0 Å². The molecule has 0 bridgehead atoms. The Morgan fingerprint density at radius 3 is 2.60 bits per heavy atom. The normalized spacial score (nSPS) is 47.1. The minimum absolute atomic E-state index is 0.0820. The Labute approximate surface area is 189 Å². The van der Waals surface area contributed by atoms with Crippen molar-refractivity contribution in [3.8, 4) is 0 Å². The highest BCUT2D eigenvalue weighted by Gasteiger charge is 2.63. The Balaban J connectivity index is 1.39. The number of allylic oxidation sites excluding steroid dienone is 1. The summed E-state index contributed by atoms with van der Waals surface area (Å²) >= 11 is 3.73. The summed E-state index contributed by atoms with van der Waals surface area (Å²) in [5.41, 5.74) is 2.15. The topological polar surface area (TPSA) is 44.8 Å². The molecule has 1 heterocycles. The van der Waals surface area contributed by atoms with Crippen LogP contribution in [0.1, 0.15) is 72.1 Å². The molecule has 0 radical (unpaired) electrons. The molecule has 4 fully saturated rings. The van der Waals surface area contributed by atoms with Crippen molar-refractivity contribution in [2.75, 3.05) is 18.5 Å². The van der Waals surface area contributed by atoms with Crippen LogP contribution in [0.25, 0.3) is 0 Å². The van der Waals surface area contributed by atoms with Gasteiger partial charge in [-0.25, -0.2) is 0 Å².